The van der Waals surface area contributed by atoms with Gasteiger partial charge in [-0.3, -0.25) is 34.1 Å². The van der Waals surface area contributed by atoms with Crippen molar-refractivity contribution in [2.75, 3.05) is 25.2 Å². The summed E-state index contributed by atoms with van der Waals surface area (Å²) in [5.41, 5.74) is 24.6. The van der Waals surface area contributed by atoms with Crippen molar-refractivity contribution in [1.29, 1.82) is 0 Å². The smallest absolute Gasteiger partial charge is 0.870 e. The summed E-state index contributed by atoms with van der Waals surface area (Å²) in [5.74, 6) is -0.618. The summed E-state index contributed by atoms with van der Waals surface area (Å²) >= 11 is 52.3. The number of carbonyl (C=O) groups excluding carboxylic acids is 5. The first-order valence-corrected chi connectivity index (χ1v) is 45.3. The maximum atomic E-state index is 11.9. The summed E-state index contributed by atoms with van der Waals surface area (Å²) in [5, 5.41) is 15.2. The number of halogens is 10. The van der Waals surface area contributed by atoms with E-state index < -0.39 is 0 Å². The molecule has 0 aliphatic rings. The standard InChI is InChI=1S/C14H15BrN2OS.C9H9Br2NOS.C9H10BrNOS.C8H5NOS.C7H9BrN2S.C7H11BrN2S.C7H8BrNS.C6H10BrN.C4H9NO2.Br2.Na.H2O/c1-3-12(9-10(2)15)16-14(19)17-13(18)11-7-5-4-6-8-11;1-3-6(11)8-5(2)12-9(14-8)7(13)4-10;1-4-7(10)8-5(2)11-9(13-8)6(3)12;10-8(9-6-11)7-4-2-1-3-5-7;1-3-5-6(4(2)8)11-7(9)10-5;1-3-6(4-5(2)8)10-7(9)11;1-3-6(8)7-5(2)9-4-10-7;1-3-6(8)4-5(2)7;1-4(6)5(2)7-3;1-2;;/h3-9H,1-2H3,(H2,16,17,18,19);3H,4H2,1-2H3;4H,1-3H3;1-5H;3H,1-2H3,(H2,9,10);3-4H,1-2H3,(H3,9,10,11);3-4H,1-2H3;3-4H,8H2,1-2H3;1-3H3;;;1H2/q;;;;;;;;;;+1;/p-1/b10-9+,12-3+;6-3+;7-4+;;5-3+,6-4-;5-4+,6-3+;6-3+;5-4+,6-3+;;;;. The number of benzene rings is 2. The molecular weight excluding hydrogens is 2180 g/mol. The molecule has 0 saturated carbocycles. The van der Waals surface area contributed by atoms with Crippen molar-refractivity contribution in [1.82, 2.24) is 40.9 Å². The summed E-state index contributed by atoms with van der Waals surface area (Å²) in [6, 6.07) is 17.7. The number of nitrogen functional groups attached to an aromatic ring is 1. The molecule has 586 valence electrons. The van der Waals surface area contributed by atoms with E-state index in [2.05, 4.69) is 226 Å². The normalized spacial score (nSPS) is 11.6. The third-order valence-corrected chi connectivity index (χ3v) is 21.5. The number of allylic oxidation sites excluding steroid dienone is 12. The third-order valence-electron chi connectivity index (χ3n) is 11.4. The van der Waals surface area contributed by atoms with Crippen LogP contribution in [0.1, 0.15) is 162 Å². The van der Waals surface area contributed by atoms with E-state index in [-0.39, 0.29) is 74.5 Å². The molecule has 10 N–H and O–H groups in total. The molecular formula is C71H87Br10N12NaO7S7. The molecule has 0 unspecified atom stereocenters. The molecule has 2 aromatic carbocycles. The first-order chi connectivity index (χ1) is 49.8. The van der Waals surface area contributed by atoms with Gasteiger partial charge in [-0.25, -0.2) is 25.0 Å². The molecule has 0 fully saturated rings. The van der Waals surface area contributed by atoms with E-state index in [4.69, 9.17) is 29.4 Å². The Morgan fingerprint density at radius 3 is 1.37 bits per heavy atom. The van der Waals surface area contributed by atoms with E-state index in [9.17, 15) is 24.0 Å². The largest absolute Gasteiger partial charge is 1.00 e. The number of ketones is 2. The van der Waals surface area contributed by atoms with Crippen molar-refractivity contribution >= 4 is 312 Å². The molecule has 0 radical (unpaired) electrons. The molecule has 4 heterocycles. The summed E-state index contributed by atoms with van der Waals surface area (Å²) in [4.78, 5) is 83.1. The van der Waals surface area contributed by atoms with Crippen molar-refractivity contribution in [3.05, 3.63) is 214 Å². The zero-order valence-corrected chi connectivity index (χ0v) is 86.4. The second-order valence-corrected chi connectivity index (χ2v) is 32.5. The second kappa shape index (κ2) is 69.5. The zero-order chi connectivity index (χ0) is 82.4. The number of hydrogen-bond donors (Lipinski definition) is 6. The van der Waals surface area contributed by atoms with E-state index >= 15 is 0 Å². The number of nitrogens with two attached hydrogens (primary N) is 3. The zero-order valence-electron chi connectivity index (χ0n) is 62.8. The molecule has 6 aromatic rings. The van der Waals surface area contributed by atoms with E-state index in [1.165, 1.54) is 59.8 Å². The van der Waals surface area contributed by atoms with Crippen LogP contribution in [0.25, 0.3) is 24.0 Å². The molecule has 0 atom stereocenters. The van der Waals surface area contributed by atoms with Crippen molar-refractivity contribution in [2.45, 2.75) is 111 Å². The van der Waals surface area contributed by atoms with Crippen LogP contribution in [-0.2, 0) is 9.63 Å². The molecule has 4 aromatic heterocycles. The fraction of sp³-hybridized carbons (Fsp3) is 0.268. The van der Waals surface area contributed by atoms with Gasteiger partial charge in [0.05, 0.1) is 64.7 Å². The van der Waals surface area contributed by atoms with E-state index in [1.807, 2.05) is 180 Å². The van der Waals surface area contributed by atoms with Crippen LogP contribution in [0.15, 0.2) is 156 Å². The number of aliphatic imine (C=N–C) groups is 1. The van der Waals surface area contributed by atoms with Crippen LogP contribution in [0.4, 0.5) is 5.13 Å². The quantitative estimate of drug-likeness (QED) is 0.0112. The van der Waals surface area contributed by atoms with Crippen molar-refractivity contribution in [3.8, 4) is 0 Å². The van der Waals surface area contributed by atoms with Gasteiger partial charge in [-0.1, -0.05) is 170 Å². The molecule has 0 spiro atoms. The molecule has 0 aliphatic carbocycles. The van der Waals surface area contributed by atoms with Crippen molar-refractivity contribution in [2.24, 2.45) is 16.5 Å². The van der Waals surface area contributed by atoms with E-state index in [1.54, 1.807) is 66.9 Å². The van der Waals surface area contributed by atoms with Crippen LogP contribution < -0.4 is 72.6 Å². The number of carbonyl (C=O) groups is 5. The van der Waals surface area contributed by atoms with Crippen LogP contribution in [0.3, 0.4) is 0 Å². The maximum Gasteiger partial charge on any atom is 1.00 e. The number of hydroxylamine groups is 2. The van der Waals surface area contributed by atoms with Crippen LogP contribution in [0, 0.1) is 20.8 Å². The summed E-state index contributed by atoms with van der Waals surface area (Å²) < 4.78 is 8.35. The Kier molecular flexibility index (Phi) is 74.6. The number of aromatic nitrogens is 4. The van der Waals surface area contributed by atoms with Crippen molar-refractivity contribution in [3.63, 3.8) is 0 Å². The van der Waals surface area contributed by atoms with Gasteiger partial charge >= 0.3 is 29.6 Å². The number of isothiocyanates is 1. The molecule has 0 saturated heterocycles. The topological polar surface area (TPSA) is 306 Å². The Balaban J connectivity index is -0.000000273. The monoisotopic (exact) mass is 2260 g/mol. The summed E-state index contributed by atoms with van der Waals surface area (Å²) in [6.45, 7) is 30.1. The van der Waals surface area contributed by atoms with Crippen molar-refractivity contribution < 1.29 is 63.8 Å². The fourth-order valence-electron chi connectivity index (χ4n) is 6.29. The number of thiazole rings is 4. The van der Waals surface area contributed by atoms with Gasteiger partial charge < -0.3 is 33.3 Å². The second-order valence-electron chi connectivity index (χ2n) is 19.6. The predicted octanol–water partition coefficient (Wildman–Crippen LogP) is 19.6. The predicted molar refractivity (Wildman–Crippen MR) is 504 cm³/mol. The number of Topliss-reactive ketones (excluding diaryl/α,β-unsaturated/α-hetero) is 2. The van der Waals surface area contributed by atoms with Gasteiger partial charge in [0.1, 0.15) is 0 Å². The number of rotatable bonds is 14. The number of alkyl halides is 1. The Bertz CT molecular complexity index is 4250. The minimum absolute atomic E-state index is 0. The van der Waals surface area contributed by atoms with E-state index in [0.29, 0.717) is 31.6 Å². The first kappa shape index (κ1) is 116. The van der Waals surface area contributed by atoms with Crippen LogP contribution >= 0.6 is 238 Å². The molecule has 6 rings (SSSR count). The molecule has 108 heavy (non-hydrogen) atoms. The number of thiocarbonyl (C=S) groups is 3. The Hall–Kier alpha value is -2.99. The van der Waals surface area contributed by atoms with Gasteiger partial charge in [-0.15, -0.1) is 34.0 Å². The molecule has 19 nitrogen and oxygen atoms in total. The average Bonchev–Trinajstić information content (AvgIpc) is 1.73. The number of amides is 3. The molecule has 37 heteroatoms. The first-order valence-electron chi connectivity index (χ1n) is 30.4. The summed E-state index contributed by atoms with van der Waals surface area (Å²) in [7, 11) is 3.00. The van der Waals surface area contributed by atoms with Crippen LogP contribution in [0.5, 0.6) is 0 Å². The van der Waals surface area contributed by atoms with Gasteiger partial charge in [0.15, 0.2) is 31.2 Å². The number of aryl methyl sites for hydroxylation is 3. The average molecular weight is 2270 g/mol. The molecule has 0 bridgehead atoms. The Morgan fingerprint density at radius 1 is 0.620 bits per heavy atom. The Morgan fingerprint density at radius 2 is 1.06 bits per heavy atom. The third kappa shape index (κ3) is 54.7. The van der Waals surface area contributed by atoms with Gasteiger partial charge in [0.2, 0.25) is 11.7 Å². The maximum absolute atomic E-state index is 11.9. The SMILES string of the molecule is BrBr.C/C=C(/Br)c1sc(C(=O)CBr)nc1C.C/C=C(/Br)c1sc(C(C)=O)nc1C.C/C=C(/Br)c1scnc1C.C/C=C(N)\C=C(/C)Br.C/C=C(\C=C(/C)Br)NC(=S)NC(=O)c1ccccc1.C/C=C(\C=C(/C)Br)NC(N)=S.C/C=c1/nc(N)s/c1=C(/C)Br.CON(C)C(C)=O.O=C(N=C=S)c1ccccc1.[Na+].[OH-]. The van der Waals surface area contributed by atoms with Gasteiger partial charge in [-0.2, -0.15) is 4.99 Å². The minimum atomic E-state index is -0.347. The van der Waals surface area contributed by atoms with Gasteiger partial charge in [0.25, 0.3) is 11.8 Å². The van der Waals surface area contributed by atoms with Gasteiger partial charge in [-0.05, 0) is 237 Å². The van der Waals surface area contributed by atoms with E-state index in [0.717, 1.165) is 90.2 Å². The fourth-order valence-corrected chi connectivity index (χ4v) is 13.4. The molecule has 3 amide bonds. The van der Waals surface area contributed by atoms with Crippen LogP contribution in [0.2, 0.25) is 0 Å². The Labute approximate surface area is 772 Å². The number of nitrogens with one attached hydrogen (secondary N) is 3. The summed E-state index contributed by atoms with van der Waals surface area (Å²) in [6.07, 6.45) is 19.1. The number of nitrogens with zero attached hydrogens (tertiary/aromatic N) is 6. The van der Waals surface area contributed by atoms with Gasteiger partial charge in [0, 0.05) is 95.3 Å². The number of hydrogen-bond acceptors (Lipinski definition) is 20. The molecule has 0 aliphatic heterocycles. The number of anilines is 1. The van der Waals surface area contributed by atoms with Crippen LogP contribution in [-0.4, -0.2) is 94.6 Å². The minimum Gasteiger partial charge on any atom is -0.870 e.